The van der Waals surface area contributed by atoms with Crippen molar-refractivity contribution in [2.24, 2.45) is 5.73 Å². The van der Waals surface area contributed by atoms with Crippen LogP contribution in [-0.4, -0.2) is 45.0 Å². The van der Waals surface area contributed by atoms with Crippen LogP contribution < -0.4 is 20.9 Å². The van der Waals surface area contributed by atoms with Crippen LogP contribution in [0.15, 0.2) is 24.3 Å². The second-order valence-corrected chi connectivity index (χ2v) is 6.75. The van der Waals surface area contributed by atoms with Crippen molar-refractivity contribution in [1.29, 1.82) is 0 Å². The van der Waals surface area contributed by atoms with Crippen molar-refractivity contribution in [3.8, 4) is 11.5 Å². The molecular formula is C21H27N3O4. The maximum atomic E-state index is 12.5. The molecule has 7 nitrogen and oxygen atoms in total. The summed E-state index contributed by atoms with van der Waals surface area (Å²) in [7, 11) is 6.47. The smallest absolute Gasteiger partial charge is 0.255 e. The van der Waals surface area contributed by atoms with Crippen LogP contribution in [0.2, 0.25) is 0 Å². The maximum absolute atomic E-state index is 12.5. The molecule has 2 aromatic carbocycles. The molecule has 0 spiro atoms. The summed E-state index contributed by atoms with van der Waals surface area (Å²) in [6, 6.07) is 7.32. The normalized spacial score (nSPS) is 10.5. The lowest BCUT2D eigenvalue weighted by molar-refractivity contribution is 0.0827. The monoisotopic (exact) mass is 385 g/mol. The van der Waals surface area contributed by atoms with Gasteiger partial charge in [0.05, 0.1) is 19.8 Å². The minimum Gasteiger partial charge on any atom is -0.493 e. The predicted octanol–water partition coefficient (Wildman–Crippen LogP) is 2.18. The fourth-order valence-corrected chi connectivity index (χ4v) is 3.17. The minimum atomic E-state index is -0.560. The molecule has 0 aliphatic carbocycles. The molecule has 0 bridgehead atoms. The number of anilines is 1. The summed E-state index contributed by atoms with van der Waals surface area (Å²) in [4.78, 5) is 26.0. The van der Waals surface area contributed by atoms with Crippen LogP contribution in [0.5, 0.6) is 11.5 Å². The van der Waals surface area contributed by atoms with Crippen LogP contribution in [0.4, 0.5) is 5.69 Å². The number of nitrogens with two attached hydrogens (primary N) is 2. The zero-order valence-electron chi connectivity index (χ0n) is 17.0. The van der Waals surface area contributed by atoms with Gasteiger partial charge in [-0.1, -0.05) is 6.07 Å². The molecule has 0 aromatic heterocycles. The molecule has 2 aromatic rings. The molecule has 4 N–H and O–H groups in total. The van der Waals surface area contributed by atoms with Crippen molar-refractivity contribution < 1.29 is 19.1 Å². The lowest BCUT2D eigenvalue weighted by atomic mass is 9.91. The van der Waals surface area contributed by atoms with E-state index in [9.17, 15) is 9.59 Å². The topological polar surface area (TPSA) is 108 Å². The number of nitrogens with zero attached hydrogens (tertiary/aromatic N) is 1. The first-order chi connectivity index (χ1) is 13.2. The van der Waals surface area contributed by atoms with Crippen LogP contribution >= 0.6 is 0 Å². The van der Waals surface area contributed by atoms with E-state index in [4.69, 9.17) is 20.9 Å². The average Bonchev–Trinajstić information content (AvgIpc) is 2.67. The number of ether oxygens (including phenoxy) is 2. The molecule has 0 saturated carbocycles. The van der Waals surface area contributed by atoms with Gasteiger partial charge in [-0.25, -0.2) is 0 Å². The Labute approximate surface area is 165 Å². The Morgan fingerprint density at radius 2 is 1.68 bits per heavy atom. The summed E-state index contributed by atoms with van der Waals surface area (Å²) in [5.41, 5.74) is 15.0. The number of hydrogen-bond donors (Lipinski definition) is 2. The predicted molar refractivity (Wildman–Crippen MR) is 109 cm³/mol. The number of benzene rings is 2. The molecule has 0 fully saturated rings. The van der Waals surface area contributed by atoms with Gasteiger partial charge >= 0.3 is 0 Å². The molecule has 0 heterocycles. The quantitative estimate of drug-likeness (QED) is 0.710. The number of amides is 2. The molecule has 0 atom stereocenters. The summed E-state index contributed by atoms with van der Waals surface area (Å²) in [6.07, 6.45) is 1.14. The highest BCUT2D eigenvalue weighted by Gasteiger charge is 2.21. The van der Waals surface area contributed by atoms with E-state index in [0.29, 0.717) is 46.6 Å². The second kappa shape index (κ2) is 8.65. The largest absolute Gasteiger partial charge is 0.493 e. The van der Waals surface area contributed by atoms with Gasteiger partial charge in [0.1, 0.15) is 0 Å². The van der Waals surface area contributed by atoms with Gasteiger partial charge in [-0.15, -0.1) is 0 Å². The number of carbonyl (C=O) groups is 2. The molecule has 150 valence electrons. The third kappa shape index (κ3) is 4.19. The van der Waals surface area contributed by atoms with E-state index in [2.05, 4.69) is 0 Å². The van der Waals surface area contributed by atoms with Gasteiger partial charge in [0.2, 0.25) is 5.91 Å². The number of rotatable bonds is 7. The number of carbonyl (C=O) groups excluding carboxylic acids is 2. The van der Waals surface area contributed by atoms with E-state index in [1.807, 2.05) is 18.2 Å². The zero-order valence-corrected chi connectivity index (χ0v) is 17.0. The Kier molecular flexibility index (Phi) is 6.51. The van der Waals surface area contributed by atoms with Crippen LogP contribution in [0.1, 0.15) is 37.4 Å². The van der Waals surface area contributed by atoms with Crippen molar-refractivity contribution >= 4 is 17.5 Å². The van der Waals surface area contributed by atoms with E-state index in [-0.39, 0.29) is 11.6 Å². The molecule has 0 aliphatic rings. The molecule has 0 saturated heterocycles. The Hall–Kier alpha value is -3.22. The van der Waals surface area contributed by atoms with E-state index < -0.39 is 5.91 Å². The van der Waals surface area contributed by atoms with Gasteiger partial charge in [-0.2, -0.15) is 0 Å². The maximum Gasteiger partial charge on any atom is 0.255 e. The van der Waals surface area contributed by atoms with Crippen molar-refractivity contribution in [2.45, 2.75) is 19.8 Å². The second-order valence-electron chi connectivity index (χ2n) is 6.75. The van der Waals surface area contributed by atoms with Crippen molar-refractivity contribution in [3.63, 3.8) is 0 Å². The molecule has 0 unspecified atom stereocenters. The Morgan fingerprint density at radius 3 is 2.21 bits per heavy atom. The Bertz CT molecular complexity index is 907. The van der Waals surface area contributed by atoms with E-state index >= 15 is 0 Å². The van der Waals surface area contributed by atoms with Crippen LogP contribution in [0, 0.1) is 6.92 Å². The molecular weight excluding hydrogens is 358 g/mol. The van der Waals surface area contributed by atoms with Crippen molar-refractivity contribution in [1.82, 2.24) is 4.90 Å². The number of aryl methyl sites for hydroxylation is 2. The lowest BCUT2D eigenvalue weighted by Gasteiger charge is -2.18. The van der Waals surface area contributed by atoms with E-state index in [1.165, 1.54) is 4.90 Å². The lowest BCUT2D eigenvalue weighted by Crippen LogP contribution is -2.25. The van der Waals surface area contributed by atoms with Gasteiger partial charge < -0.3 is 25.8 Å². The highest BCUT2D eigenvalue weighted by atomic mass is 16.5. The van der Waals surface area contributed by atoms with E-state index in [0.717, 1.165) is 5.56 Å². The molecule has 0 radical (unpaired) electrons. The fraction of sp³-hybridized carbons (Fsp3) is 0.333. The standard InChI is InChI=1S/C21H27N3O4/c1-12-18(20(23)25)14(11-15(19(12)22)21(26)24(2)3)8-6-13-7-9-16(27-4)17(10-13)28-5/h7,9-11H,6,8,22H2,1-5H3,(H2,23,25). The molecule has 2 amide bonds. The van der Waals surface area contributed by atoms with Crippen LogP contribution in [0.3, 0.4) is 0 Å². The first kappa shape index (κ1) is 21.1. The summed E-state index contributed by atoms with van der Waals surface area (Å²) in [5, 5.41) is 0. The highest BCUT2D eigenvalue weighted by Crippen LogP contribution is 2.30. The zero-order chi connectivity index (χ0) is 21.0. The number of primary amides is 1. The summed E-state index contributed by atoms with van der Waals surface area (Å²) in [5.74, 6) is 0.498. The molecule has 0 aliphatic heterocycles. The first-order valence-corrected chi connectivity index (χ1v) is 8.85. The van der Waals surface area contributed by atoms with E-state index in [1.54, 1.807) is 41.3 Å². The third-order valence-electron chi connectivity index (χ3n) is 4.72. The van der Waals surface area contributed by atoms with Gasteiger partial charge in [-0.05, 0) is 54.7 Å². The molecule has 28 heavy (non-hydrogen) atoms. The SMILES string of the molecule is COc1ccc(CCc2cc(C(=O)N(C)C)c(N)c(C)c2C(N)=O)cc1OC. The summed E-state index contributed by atoms with van der Waals surface area (Å²) >= 11 is 0. The highest BCUT2D eigenvalue weighted by molar-refractivity contribution is 6.04. The van der Waals surface area contributed by atoms with Gasteiger partial charge in [0, 0.05) is 25.3 Å². The first-order valence-electron chi connectivity index (χ1n) is 8.85. The van der Waals surface area contributed by atoms with Crippen LogP contribution in [0.25, 0.3) is 0 Å². The molecule has 2 rings (SSSR count). The summed E-state index contributed by atoms with van der Waals surface area (Å²) < 4.78 is 10.6. The Morgan fingerprint density at radius 1 is 1.04 bits per heavy atom. The number of nitrogen functional groups attached to an aromatic ring is 1. The third-order valence-corrected chi connectivity index (χ3v) is 4.72. The van der Waals surface area contributed by atoms with Crippen molar-refractivity contribution in [3.05, 3.63) is 52.1 Å². The summed E-state index contributed by atoms with van der Waals surface area (Å²) in [6.45, 7) is 1.71. The number of methoxy groups -OCH3 is 2. The van der Waals surface area contributed by atoms with Gasteiger partial charge in [0.15, 0.2) is 11.5 Å². The average molecular weight is 385 g/mol. The minimum absolute atomic E-state index is 0.219. The van der Waals surface area contributed by atoms with Crippen molar-refractivity contribution in [2.75, 3.05) is 34.0 Å². The van der Waals surface area contributed by atoms with Crippen LogP contribution in [-0.2, 0) is 12.8 Å². The Balaban J connectivity index is 2.44. The van der Waals surface area contributed by atoms with Gasteiger partial charge in [-0.3, -0.25) is 9.59 Å². The van der Waals surface area contributed by atoms with Gasteiger partial charge in [0.25, 0.3) is 5.91 Å². The molecule has 7 heteroatoms. The fourth-order valence-electron chi connectivity index (χ4n) is 3.17. The number of hydrogen-bond acceptors (Lipinski definition) is 5.